The second kappa shape index (κ2) is 3.07. The molecule has 3 nitrogen and oxygen atoms in total. The first kappa shape index (κ1) is 7.63. The highest BCUT2D eigenvalue weighted by Crippen LogP contribution is 2.17. The Morgan fingerprint density at radius 3 is 3.00 bits per heavy atom. The molecule has 0 radical (unpaired) electrons. The highest BCUT2D eigenvalue weighted by Gasteiger charge is 2.13. The highest BCUT2D eigenvalue weighted by molar-refractivity contribution is 9.11. The van der Waals surface area contributed by atoms with Crippen LogP contribution in [-0.2, 0) is 4.74 Å². The van der Waals surface area contributed by atoms with Crippen LogP contribution in [0.15, 0.2) is 22.5 Å². The number of hydrogen-bond acceptors (Lipinski definition) is 3. The van der Waals surface area contributed by atoms with Gasteiger partial charge in [0.05, 0.1) is 4.48 Å². The third kappa shape index (κ3) is 1.33. The zero-order valence-corrected chi connectivity index (χ0v) is 7.18. The van der Waals surface area contributed by atoms with E-state index in [1.54, 1.807) is 19.4 Å². The summed E-state index contributed by atoms with van der Waals surface area (Å²) in [4.78, 5) is 0. The maximum Gasteiger partial charge on any atom is 0.161 e. The molecule has 1 aliphatic rings. The van der Waals surface area contributed by atoms with Gasteiger partial charge in [-0.05, 0) is 22.0 Å². The van der Waals surface area contributed by atoms with Crippen molar-refractivity contribution < 1.29 is 4.74 Å². The monoisotopic (exact) mass is 204 g/mol. The van der Waals surface area contributed by atoms with Crippen LogP contribution < -0.4 is 11.1 Å². The first-order valence-electron chi connectivity index (χ1n) is 2.86. The normalized spacial score (nSPS) is 24.8. The van der Waals surface area contributed by atoms with E-state index in [9.17, 15) is 0 Å². The van der Waals surface area contributed by atoms with Crippen molar-refractivity contribution in [3.05, 3.63) is 22.5 Å². The van der Waals surface area contributed by atoms with Crippen molar-refractivity contribution in [2.24, 2.45) is 5.73 Å². The SMILES string of the molecule is COC1NC=CC(N)=C1Br. The standard InChI is InChI=1S/C6H9BrN2O/c1-10-6-5(7)4(8)2-3-9-6/h2-3,6,9H,8H2,1H3. The van der Waals surface area contributed by atoms with E-state index in [0.29, 0.717) is 5.70 Å². The molecule has 0 saturated carbocycles. The molecule has 56 valence electrons. The van der Waals surface area contributed by atoms with Crippen molar-refractivity contribution in [2.75, 3.05) is 7.11 Å². The summed E-state index contributed by atoms with van der Waals surface area (Å²) in [6.45, 7) is 0. The molecule has 1 unspecified atom stereocenters. The second-order valence-corrected chi connectivity index (χ2v) is 2.77. The maximum absolute atomic E-state index is 5.57. The summed E-state index contributed by atoms with van der Waals surface area (Å²) in [6, 6.07) is 0. The molecule has 10 heavy (non-hydrogen) atoms. The minimum Gasteiger partial charge on any atom is -0.398 e. The Bertz CT molecular complexity index is 188. The Morgan fingerprint density at radius 2 is 2.50 bits per heavy atom. The lowest BCUT2D eigenvalue weighted by molar-refractivity contribution is 0.120. The number of hydrogen-bond donors (Lipinski definition) is 2. The van der Waals surface area contributed by atoms with E-state index < -0.39 is 0 Å². The Hall–Kier alpha value is -0.480. The van der Waals surface area contributed by atoms with Gasteiger partial charge in [-0.1, -0.05) is 0 Å². The number of nitrogens with one attached hydrogen (secondary N) is 1. The van der Waals surface area contributed by atoms with Crippen molar-refractivity contribution in [1.82, 2.24) is 5.32 Å². The predicted octanol–water partition coefficient (Wildman–Crippen LogP) is 0.641. The van der Waals surface area contributed by atoms with Gasteiger partial charge in [0.25, 0.3) is 0 Å². The lowest BCUT2D eigenvalue weighted by Crippen LogP contribution is -2.30. The minimum absolute atomic E-state index is 0.134. The van der Waals surface area contributed by atoms with Gasteiger partial charge in [0, 0.05) is 19.0 Å². The van der Waals surface area contributed by atoms with E-state index in [-0.39, 0.29) is 6.23 Å². The van der Waals surface area contributed by atoms with Crippen LogP contribution in [-0.4, -0.2) is 13.3 Å². The maximum atomic E-state index is 5.57. The number of rotatable bonds is 1. The Kier molecular flexibility index (Phi) is 2.34. The molecule has 0 aromatic heterocycles. The van der Waals surface area contributed by atoms with Crippen LogP contribution in [0.4, 0.5) is 0 Å². The fourth-order valence-corrected chi connectivity index (χ4v) is 1.15. The van der Waals surface area contributed by atoms with Gasteiger partial charge in [0.2, 0.25) is 0 Å². The molecule has 0 aromatic carbocycles. The third-order valence-corrected chi connectivity index (χ3v) is 2.13. The molecule has 1 aliphatic heterocycles. The van der Waals surface area contributed by atoms with Gasteiger partial charge in [0.15, 0.2) is 6.23 Å². The van der Waals surface area contributed by atoms with Gasteiger partial charge >= 0.3 is 0 Å². The van der Waals surface area contributed by atoms with E-state index in [2.05, 4.69) is 21.2 Å². The summed E-state index contributed by atoms with van der Waals surface area (Å²) in [5, 5.41) is 2.96. The number of ether oxygens (including phenoxy) is 1. The average molecular weight is 205 g/mol. The molecule has 0 fully saturated rings. The fourth-order valence-electron chi connectivity index (χ4n) is 0.701. The van der Waals surface area contributed by atoms with Gasteiger partial charge in [-0.3, -0.25) is 0 Å². The number of methoxy groups -OCH3 is 1. The largest absolute Gasteiger partial charge is 0.398 e. The summed E-state index contributed by atoms with van der Waals surface area (Å²) < 4.78 is 5.87. The fraction of sp³-hybridized carbons (Fsp3) is 0.333. The molecule has 1 atom stereocenters. The van der Waals surface area contributed by atoms with E-state index in [4.69, 9.17) is 10.5 Å². The molecule has 1 heterocycles. The molecule has 0 spiro atoms. The van der Waals surface area contributed by atoms with Gasteiger partial charge in [-0.15, -0.1) is 0 Å². The molecule has 1 rings (SSSR count). The van der Waals surface area contributed by atoms with Crippen LogP contribution in [0.1, 0.15) is 0 Å². The summed E-state index contributed by atoms with van der Waals surface area (Å²) in [5.41, 5.74) is 6.27. The molecular weight excluding hydrogens is 196 g/mol. The smallest absolute Gasteiger partial charge is 0.161 e. The van der Waals surface area contributed by atoms with Crippen molar-refractivity contribution in [3.63, 3.8) is 0 Å². The van der Waals surface area contributed by atoms with E-state index in [0.717, 1.165) is 4.48 Å². The first-order valence-corrected chi connectivity index (χ1v) is 3.65. The average Bonchev–Trinajstić information content (AvgIpc) is 1.95. The number of dihydropyridines is 1. The van der Waals surface area contributed by atoms with Crippen molar-refractivity contribution in [1.29, 1.82) is 0 Å². The summed E-state index contributed by atoms with van der Waals surface area (Å²) in [7, 11) is 1.62. The van der Waals surface area contributed by atoms with Gasteiger partial charge in [0.1, 0.15) is 0 Å². The first-order chi connectivity index (χ1) is 4.75. The number of allylic oxidation sites excluding steroid dienone is 1. The lowest BCUT2D eigenvalue weighted by Gasteiger charge is -2.19. The quantitative estimate of drug-likeness (QED) is 0.660. The topological polar surface area (TPSA) is 47.3 Å². The molecule has 0 aliphatic carbocycles. The molecule has 3 N–H and O–H groups in total. The Labute approximate surface area is 68.0 Å². The molecule has 4 heteroatoms. The van der Waals surface area contributed by atoms with Crippen LogP contribution in [0.3, 0.4) is 0 Å². The number of halogens is 1. The zero-order chi connectivity index (χ0) is 7.56. The Morgan fingerprint density at radius 1 is 1.80 bits per heavy atom. The number of nitrogens with two attached hydrogens (primary N) is 1. The van der Waals surface area contributed by atoms with Gasteiger partial charge < -0.3 is 15.8 Å². The van der Waals surface area contributed by atoms with Crippen LogP contribution in [0.5, 0.6) is 0 Å². The van der Waals surface area contributed by atoms with E-state index in [1.807, 2.05) is 0 Å². The predicted molar refractivity (Wildman–Crippen MR) is 43.2 cm³/mol. The van der Waals surface area contributed by atoms with Crippen molar-refractivity contribution >= 4 is 15.9 Å². The van der Waals surface area contributed by atoms with Crippen molar-refractivity contribution in [3.8, 4) is 0 Å². The zero-order valence-electron chi connectivity index (χ0n) is 5.60. The minimum atomic E-state index is -0.134. The second-order valence-electron chi connectivity index (χ2n) is 1.92. The summed E-state index contributed by atoms with van der Waals surface area (Å²) in [6.07, 6.45) is 3.40. The highest BCUT2D eigenvalue weighted by atomic mass is 79.9. The molecule has 0 aromatic rings. The molecule has 0 bridgehead atoms. The van der Waals surface area contributed by atoms with E-state index in [1.165, 1.54) is 0 Å². The van der Waals surface area contributed by atoms with Gasteiger partial charge in [-0.25, -0.2) is 0 Å². The van der Waals surface area contributed by atoms with Crippen LogP contribution in [0.25, 0.3) is 0 Å². The summed E-state index contributed by atoms with van der Waals surface area (Å²) >= 11 is 3.30. The lowest BCUT2D eigenvalue weighted by atomic mass is 10.3. The van der Waals surface area contributed by atoms with Crippen LogP contribution >= 0.6 is 15.9 Å². The molecule has 0 amide bonds. The van der Waals surface area contributed by atoms with Gasteiger partial charge in [-0.2, -0.15) is 0 Å². The summed E-state index contributed by atoms with van der Waals surface area (Å²) in [5.74, 6) is 0. The third-order valence-electron chi connectivity index (χ3n) is 1.25. The van der Waals surface area contributed by atoms with Crippen molar-refractivity contribution in [2.45, 2.75) is 6.23 Å². The van der Waals surface area contributed by atoms with Crippen LogP contribution in [0.2, 0.25) is 0 Å². The Balaban J connectivity index is 2.77. The molecule has 0 saturated heterocycles. The molecular formula is C6H9BrN2O. The van der Waals surface area contributed by atoms with Crippen LogP contribution in [0, 0.1) is 0 Å². The van der Waals surface area contributed by atoms with E-state index >= 15 is 0 Å².